The molecule has 1 N–H and O–H groups in total. The fourth-order valence-corrected chi connectivity index (χ4v) is 2.90. The van der Waals surface area contributed by atoms with Gasteiger partial charge in [-0.2, -0.15) is 0 Å². The molecule has 1 aromatic rings. The van der Waals surface area contributed by atoms with E-state index in [9.17, 15) is 0 Å². The van der Waals surface area contributed by atoms with Crippen LogP contribution in [0.15, 0.2) is 6.20 Å². The van der Waals surface area contributed by atoms with Gasteiger partial charge in [0.1, 0.15) is 5.82 Å². The summed E-state index contributed by atoms with van der Waals surface area (Å²) in [5.41, 5.74) is 1.50. The van der Waals surface area contributed by atoms with Gasteiger partial charge >= 0.3 is 0 Å². The normalized spacial score (nSPS) is 24.4. The zero-order valence-corrected chi connectivity index (χ0v) is 10.1. The predicted octanol–water partition coefficient (Wildman–Crippen LogP) is 2.25. The molecule has 1 aliphatic carbocycles. The minimum atomic E-state index is 0.737. The first-order chi connectivity index (χ1) is 7.90. The Bertz CT molecular complexity index is 365. The van der Waals surface area contributed by atoms with Crippen LogP contribution in [0.4, 0.5) is 0 Å². The molecule has 0 spiro atoms. The van der Waals surface area contributed by atoms with E-state index >= 15 is 0 Å². The van der Waals surface area contributed by atoms with Crippen LogP contribution in [0, 0.1) is 0 Å². The van der Waals surface area contributed by atoms with E-state index < -0.39 is 0 Å². The van der Waals surface area contributed by atoms with Gasteiger partial charge in [-0.15, -0.1) is 0 Å². The number of rotatable bonds is 4. The predicted molar refractivity (Wildman–Crippen MR) is 64.7 cm³/mol. The van der Waals surface area contributed by atoms with E-state index in [1.54, 1.807) is 0 Å². The second-order valence-corrected chi connectivity index (χ2v) is 5.20. The van der Waals surface area contributed by atoms with Crippen molar-refractivity contribution in [1.29, 1.82) is 0 Å². The van der Waals surface area contributed by atoms with Gasteiger partial charge in [0.15, 0.2) is 0 Å². The summed E-state index contributed by atoms with van der Waals surface area (Å²) >= 11 is 0. The molecule has 2 heterocycles. The zero-order valence-electron chi connectivity index (χ0n) is 10.1. The number of hydrogen-bond donors (Lipinski definition) is 1. The molecule has 1 atom stereocenters. The molecule has 3 nitrogen and oxygen atoms in total. The van der Waals surface area contributed by atoms with Crippen molar-refractivity contribution in [2.75, 3.05) is 13.6 Å². The quantitative estimate of drug-likeness (QED) is 0.841. The van der Waals surface area contributed by atoms with E-state index in [1.165, 1.54) is 50.2 Å². The monoisotopic (exact) mass is 219 g/mol. The Morgan fingerprint density at radius 3 is 3.06 bits per heavy atom. The van der Waals surface area contributed by atoms with Crippen molar-refractivity contribution < 1.29 is 0 Å². The maximum absolute atomic E-state index is 4.66. The summed E-state index contributed by atoms with van der Waals surface area (Å²) in [6.07, 6.45) is 8.80. The topological polar surface area (TPSA) is 29.9 Å². The third-order valence-corrected chi connectivity index (χ3v) is 3.96. The van der Waals surface area contributed by atoms with E-state index in [1.807, 2.05) is 7.05 Å². The third-order valence-electron chi connectivity index (χ3n) is 3.96. The van der Waals surface area contributed by atoms with E-state index in [4.69, 9.17) is 0 Å². The Hall–Kier alpha value is -0.830. The van der Waals surface area contributed by atoms with Crippen LogP contribution in [0.2, 0.25) is 0 Å². The maximum Gasteiger partial charge on any atom is 0.111 e. The first-order valence-electron chi connectivity index (χ1n) is 6.60. The Morgan fingerprint density at radius 2 is 2.31 bits per heavy atom. The summed E-state index contributed by atoms with van der Waals surface area (Å²) in [6, 6.07) is 0. The molecular weight excluding hydrogens is 198 g/mol. The van der Waals surface area contributed by atoms with Gasteiger partial charge in [-0.25, -0.2) is 4.98 Å². The highest BCUT2D eigenvalue weighted by atomic mass is 15.1. The summed E-state index contributed by atoms with van der Waals surface area (Å²) in [4.78, 5) is 4.66. The summed E-state index contributed by atoms with van der Waals surface area (Å²) in [6.45, 7) is 2.33. The number of imidazole rings is 1. The van der Waals surface area contributed by atoms with Crippen molar-refractivity contribution >= 4 is 0 Å². The molecule has 1 unspecified atom stereocenters. The van der Waals surface area contributed by atoms with Crippen LogP contribution in [-0.2, 0) is 6.54 Å². The van der Waals surface area contributed by atoms with Gasteiger partial charge in [0.05, 0.1) is 0 Å². The molecule has 2 aliphatic rings. The molecular formula is C13H21N3. The van der Waals surface area contributed by atoms with Crippen LogP contribution in [0.5, 0.6) is 0 Å². The average Bonchev–Trinajstić information content (AvgIpc) is 3.06. The number of nitrogens with one attached hydrogen (secondary N) is 1. The first-order valence-corrected chi connectivity index (χ1v) is 6.60. The molecule has 88 valence electrons. The van der Waals surface area contributed by atoms with E-state index in [-0.39, 0.29) is 0 Å². The van der Waals surface area contributed by atoms with Crippen LogP contribution < -0.4 is 5.32 Å². The molecule has 3 heteroatoms. The third kappa shape index (κ3) is 1.77. The van der Waals surface area contributed by atoms with Crippen molar-refractivity contribution in [1.82, 2.24) is 14.9 Å². The fraction of sp³-hybridized carbons (Fsp3) is 0.769. The molecule has 0 aromatic carbocycles. The summed E-state index contributed by atoms with van der Waals surface area (Å²) in [5, 5.41) is 3.26. The van der Waals surface area contributed by atoms with E-state index in [2.05, 4.69) is 21.1 Å². The minimum Gasteiger partial charge on any atom is -0.332 e. The van der Waals surface area contributed by atoms with Gasteiger partial charge in [-0.1, -0.05) is 0 Å². The van der Waals surface area contributed by atoms with Gasteiger partial charge in [0, 0.05) is 30.3 Å². The van der Waals surface area contributed by atoms with Crippen molar-refractivity contribution in [3.05, 3.63) is 17.7 Å². The van der Waals surface area contributed by atoms with Crippen LogP contribution in [-0.4, -0.2) is 23.1 Å². The van der Waals surface area contributed by atoms with Crippen molar-refractivity contribution in [2.45, 2.75) is 50.5 Å². The number of hydrogen-bond acceptors (Lipinski definition) is 2. The lowest BCUT2D eigenvalue weighted by atomic mass is 9.93. The summed E-state index contributed by atoms with van der Waals surface area (Å²) in [7, 11) is 2.04. The molecule has 0 amide bonds. The Balaban J connectivity index is 1.82. The lowest BCUT2D eigenvalue weighted by Crippen LogP contribution is -2.20. The van der Waals surface area contributed by atoms with Crippen molar-refractivity contribution in [3.8, 4) is 0 Å². The Kier molecular flexibility index (Phi) is 2.72. The van der Waals surface area contributed by atoms with Gasteiger partial charge in [-0.3, -0.25) is 0 Å². The number of fused-ring (bicyclic) bond motifs is 1. The van der Waals surface area contributed by atoms with Gasteiger partial charge in [0.2, 0.25) is 0 Å². The average molecular weight is 219 g/mol. The lowest BCUT2D eigenvalue weighted by Gasteiger charge is -2.25. The lowest BCUT2D eigenvalue weighted by molar-refractivity contribution is 0.423. The molecule has 1 fully saturated rings. The second-order valence-electron chi connectivity index (χ2n) is 5.20. The Morgan fingerprint density at radius 1 is 1.44 bits per heavy atom. The SMILES string of the molecule is CNCCC1CCCn2c1cnc2C1CC1. The van der Waals surface area contributed by atoms with E-state index in [0.717, 1.165) is 18.4 Å². The summed E-state index contributed by atoms with van der Waals surface area (Å²) in [5.74, 6) is 2.90. The highest BCUT2D eigenvalue weighted by Crippen LogP contribution is 2.42. The molecule has 16 heavy (non-hydrogen) atoms. The summed E-state index contributed by atoms with van der Waals surface area (Å²) < 4.78 is 2.52. The minimum absolute atomic E-state index is 0.737. The van der Waals surface area contributed by atoms with Gasteiger partial charge < -0.3 is 9.88 Å². The molecule has 0 radical (unpaired) electrons. The standard InChI is InChI=1S/C13H21N3/c1-14-7-6-10-3-2-8-16-12(10)9-15-13(16)11-4-5-11/h9-11,14H,2-8H2,1H3. The largest absolute Gasteiger partial charge is 0.332 e. The maximum atomic E-state index is 4.66. The van der Waals surface area contributed by atoms with Crippen molar-refractivity contribution in [3.63, 3.8) is 0 Å². The second kappa shape index (κ2) is 4.21. The van der Waals surface area contributed by atoms with Crippen LogP contribution in [0.25, 0.3) is 0 Å². The number of aromatic nitrogens is 2. The molecule has 1 aromatic heterocycles. The smallest absolute Gasteiger partial charge is 0.111 e. The van der Waals surface area contributed by atoms with Crippen LogP contribution in [0.3, 0.4) is 0 Å². The fourth-order valence-electron chi connectivity index (χ4n) is 2.90. The molecule has 0 bridgehead atoms. The van der Waals surface area contributed by atoms with Gasteiger partial charge in [-0.05, 0) is 45.7 Å². The molecule has 3 rings (SSSR count). The molecule has 1 saturated carbocycles. The highest BCUT2D eigenvalue weighted by Gasteiger charge is 2.31. The Labute approximate surface area is 97.3 Å². The number of nitrogens with zero attached hydrogens (tertiary/aromatic N) is 2. The zero-order chi connectivity index (χ0) is 11.0. The van der Waals surface area contributed by atoms with Crippen molar-refractivity contribution in [2.24, 2.45) is 0 Å². The molecule has 1 aliphatic heterocycles. The highest BCUT2D eigenvalue weighted by molar-refractivity contribution is 5.18. The van der Waals surface area contributed by atoms with Crippen LogP contribution >= 0.6 is 0 Å². The van der Waals surface area contributed by atoms with E-state index in [0.29, 0.717) is 0 Å². The first kappa shape index (κ1) is 10.3. The van der Waals surface area contributed by atoms with Gasteiger partial charge in [0.25, 0.3) is 0 Å². The van der Waals surface area contributed by atoms with Crippen LogP contribution in [0.1, 0.15) is 55.5 Å². The molecule has 0 saturated heterocycles.